The van der Waals surface area contributed by atoms with Crippen molar-refractivity contribution in [2.45, 2.75) is 24.1 Å². The van der Waals surface area contributed by atoms with Gasteiger partial charge in [-0.25, -0.2) is 13.1 Å². The summed E-state index contributed by atoms with van der Waals surface area (Å²) in [7, 11) is -1.72. The molecule has 1 N–H and O–H groups in total. The Bertz CT molecular complexity index is 609. The predicted molar refractivity (Wildman–Crippen MR) is 78.5 cm³/mol. The summed E-state index contributed by atoms with van der Waals surface area (Å²) in [6.07, 6.45) is -2.97. The number of piperidine rings is 1. The maximum Gasteiger partial charge on any atom is 0.573 e. The van der Waals surface area contributed by atoms with E-state index >= 15 is 0 Å². The summed E-state index contributed by atoms with van der Waals surface area (Å²) >= 11 is 0. The van der Waals surface area contributed by atoms with Crippen molar-refractivity contribution in [1.29, 1.82) is 0 Å². The van der Waals surface area contributed by atoms with Gasteiger partial charge in [0.2, 0.25) is 10.0 Å². The van der Waals surface area contributed by atoms with E-state index in [0.29, 0.717) is 6.54 Å². The SMILES string of the molecule is CN1CCC(CNS(=O)(=O)c2ccc(OC(F)(F)F)cc2)CC1. The number of alkyl halides is 3. The summed E-state index contributed by atoms with van der Waals surface area (Å²) in [5.41, 5.74) is 0. The molecule has 0 radical (unpaired) electrons. The van der Waals surface area contributed by atoms with Crippen LogP contribution >= 0.6 is 0 Å². The number of halogens is 3. The van der Waals surface area contributed by atoms with Crippen LogP contribution in [0, 0.1) is 5.92 Å². The van der Waals surface area contributed by atoms with Crippen molar-refractivity contribution in [2.75, 3.05) is 26.7 Å². The van der Waals surface area contributed by atoms with Gasteiger partial charge in [-0.1, -0.05) is 0 Å². The van der Waals surface area contributed by atoms with Gasteiger partial charge in [0.05, 0.1) is 4.90 Å². The third kappa shape index (κ3) is 5.67. The predicted octanol–water partition coefficient (Wildman–Crippen LogP) is 2.21. The Balaban J connectivity index is 1.94. The lowest BCUT2D eigenvalue weighted by Gasteiger charge is -2.28. The number of ether oxygens (including phenoxy) is 1. The van der Waals surface area contributed by atoms with E-state index in [4.69, 9.17) is 0 Å². The first-order valence-electron chi connectivity index (χ1n) is 7.20. The van der Waals surface area contributed by atoms with Crippen LogP contribution in [-0.4, -0.2) is 46.4 Å². The third-order valence-electron chi connectivity index (χ3n) is 3.77. The second kappa shape index (κ2) is 7.06. The van der Waals surface area contributed by atoms with Crippen molar-refractivity contribution in [3.63, 3.8) is 0 Å². The van der Waals surface area contributed by atoms with Crippen molar-refractivity contribution < 1.29 is 26.3 Å². The summed E-state index contributed by atoms with van der Waals surface area (Å²) in [6, 6.07) is 4.16. The lowest BCUT2D eigenvalue weighted by molar-refractivity contribution is -0.274. The van der Waals surface area contributed by atoms with Gasteiger partial charge in [0.1, 0.15) is 5.75 Å². The highest BCUT2D eigenvalue weighted by atomic mass is 32.2. The number of nitrogens with one attached hydrogen (secondary N) is 1. The molecule has 1 heterocycles. The topological polar surface area (TPSA) is 58.6 Å². The van der Waals surface area contributed by atoms with Crippen LogP contribution in [0.2, 0.25) is 0 Å². The van der Waals surface area contributed by atoms with Crippen LogP contribution in [0.1, 0.15) is 12.8 Å². The van der Waals surface area contributed by atoms with Gasteiger partial charge in [-0.2, -0.15) is 0 Å². The second-order valence-corrected chi connectivity index (χ2v) is 7.38. The zero-order valence-corrected chi connectivity index (χ0v) is 13.5. The number of benzene rings is 1. The minimum absolute atomic E-state index is 0.0834. The van der Waals surface area contributed by atoms with Crippen molar-refractivity contribution in [3.8, 4) is 5.75 Å². The van der Waals surface area contributed by atoms with E-state index in [0.717, 1.165) is 50.2 Å². The van der Waals surface area contributed by atoms with Crippen molar-refractivity contribution in [1.82, 2.24) is 9.62 Å². The molecule has 1 aromatic rings. The van der Waals surface area contributed by atoms with Gasteiger partial charge in [-0.3, -0.25) is 0 Å². The lowest BCUT2D eigenvalue weighted by atomic mass is 9.98. The zero-order chi connectivity index (χ0) is 17.1. The van der Waals surface area contributed by atoms with E-state index in [9.17, 15) is 21.6 Å². The molecule has 0 spiro atoms. The lowest BCUT2D eigenvalue weighted by Crippen LogP contribution is -2.36. The first kappa shape index (κ1) is 18.0. The summed E-state index contributed by atoms with van der Waals surface area (Å²) in [5.74, 6) is -0.180. The first-order chi connectivity index (χ1) is 10.7. The monoisotopic (exact) mass is 352 g/mol. The largest absolute Gasteiger partial charge is 0.573 e. The van der Waals surface area contributed by atoms with Crippen molar-refractivity contribution >= 4 is 10.0 Å². The Kier molecular flexibility index (Phi) is 5.53. The van der Waals surface area contributed by atoms with Gasteiger partial charge in [0, 0.05) is 6.54 Å². The fourth-order valence-electron chi connectivity index (χ4n) is 2.40. The van der Waals surface area contributed by atoms with Crippen LogP contribution in [-0.2, 0) is 10.0 Å². The van der Waals surface area contributed by atoms with Gasteiger partial charge in [0.25, 0.3) is 0 Å². The molecule has 2 rings (SSSR count). The van der Waals surface area contributed by atoms with Crippen LogP contribution in [0.4, 0.5) is 13.2 Å². The Morgan fingerprint density at radius 2 is 1.78 bits per heavy atom. The molecule has 1 fully saturated rings. The molecule has 0 atom stereocenters. The molecule has 1 aromatic carbocycles. The highest BCUT2D eigenvalue weighted by Crippen LogP contribution is 2.24. The Hall–Kier alpha value is -1.32. The summed E-state index contributed by atoms with van der Waals surface area (Å²) < 4.78 is 66.8. The standard InChI is InChI=1S/C14H19F3N2O3S/c1-19-8-6-11(7-9-19)10-18-23(20,21)13-4-2-12(3-5-13)22-14(15,16)17/h2-5,11,18H,6-10H2,1H3. The maximum absolute atomic E-state index is 12.2. The third-order valence-corrected chi connectivity index (χ3v) is 5.21. The van der Waals surface area contributed by atoms with Gasteiger partial charge in [-0.15, -0.1) is 13.2 Å². The van der Waals surface area contributed by atoms with E-state index in [1.54, 1.807) is 0 Å². The highest BCUT2D eigenvalue weighted by Gasteiger charge is 2.31. The first-order valence-corrected chi connectivity index (χ1v) is 8.68. The van der Waals surface area contributed by atoms with Crippen LogP contribution in [0.5, 0.6) is 5.75 Å². The van der Waals surface area contributed by atoms with E-state index in [1.807, 2.05) is 7.05 Å². The molecule has 5 nitrogen and oxygen atoms in total. The average Bonchev–Trinajstić information content (AvgIpc) is 2.46. The van der Waals surface area contributed by atoms with Gasteiger partial charge in [0.15, 0.2) is 0 Å². The van der Waals surface area contributed by atoms with Crippen LogP contribution < -0.4 is 9.46 Å². The highest BCUT2D eigenvalue weighted by molar-refractivity contribution is 7.89. The molecule has 0 aromatic heterocycles. The van der Waals surface area contributed by atoms with Crippen molar-refractivity contribution in [2.24, 2.45) is 5.92 Å². The Morgan fingerprint density at radius 3 is 2.30 bits per heavy atom. The van der Waals surface area contributed by atoms with E-state index in [2.05, 4.69) is 14.4 Å². The maximum atomic E-state index is 12.2. The molecule has 23 heavy (non-hydrogen) atoms. The molecule has 130 valence electrons. The number of nitrogens with zero attached hydrogens (tertiary/aromatic N) is 1. The molecule has 0 saturated carbocycles. The molecule has 0 unspecified atom stereocenters. The number of sulfonamides is 1. The smallest absolute Gasteiger partial charge is 0.406 e. The number of rotatable bonds is 5. The summed E-state index contributed by atoms with van der Waals surface area (Å²) in [4.78, 5) is 2.10. The van der Waals surface area contributed by atoms with E-state index < -0.39 is 22.1 Å². The van der Waals surface area contributed by atoms with Crippen molar-refractivity contribution in [3.05, 3.63) is 24.3 Å². The minimum Gasteiger partial charge on any atom is -0.406 e. The van der Waals surface area contributed by atoms with Crippen LogP contribution in [0.3, 0.4) is 0 Å². The quantitative estimate of drug-likeness (QED) is 0.883. The fourth-order valence-corrected chi connectivity index (χ4v) is 3.51. The molecule has 1 aliphatic rings. The van der Waals surface area contributed by atoms with Gasteiger partial charge in [-0.05, 0) is 63.2 Å². The van der Waals surface area contributed by atoms with E-state index in [1.165, 1.54) is 0 Å². The zero-order valence-electron chi connectivity index (χ0n) is 12.6. The second-order valence-electron chi connectivity index (χ2n) is 5.62. The minimum atomic E-state index is -4.80. The molecule has 0 bridgehead atoms. The number of hydrogen-bond acceptors (Lipinski definition) is 4. The molecule has 9 heteroatoms. The van der Waals surface area contributed by atoms with Gasteiger partial charge >= 0.3 is 6.36 Å². The Morgan fingerprint density at radius 1 is 1.22 bits per heavy atom. The molecular formula is C14H19F3N2O3S. The fraction of sp³-hybridized carbons (Fsp3) is 0.571. The van der Waals surface area contributed by atoms with Crippen LogP contribution in [0.15, 0.2) is 29.2 Å². The summed E-state index contributed by atoms with van der Waals surface area (Å²) in [5, 5.41) is 0. The molecule has 0 amide bonds. The molecular weight excluding hydrogens is 333 g/mol. The number of hydrogen-bond donors (Lipinski definition) is 1. The van der Waals surface area contributed by atoms with Crippen LogP contribution in [0.25, 0.3) is 0 Å². The normalized spacial score (nSPS) is 18.1. The number of likely N-dealkylation sites (tertiary alicyclic amines) is 1. The Labute approximate surface area is 133 Å². The van der Waals surface area contributed by atoms with Gasteiger partial charge < -0.3 is 9.64 Å². The molecule has 1 saturated heterocycles. The van der Waals surface area contributed by atoms with E-state index in [-0.39, 0.29) is 10.8 Å². The molecule has 1 aliphatic heterocycles. The molecule has 0 aliphatic carbocycles. The average molecular weight is 352 g/mol. The summed E-state index contributed by atoms with van der Waals surface area (Å²) in [6.45, 7) is 2.18.